The molecule has 1 aromatic rings. The van der Waals surface area contributed by atoms with Crippen molar-refractivity contribution in [3.8, 4) is 6.07 Å². The first-order valence-corrected chi connectivity index (χ1v) is 3.96. The van der Waals surface area contributed by atoms with Gasteiger partial charge >= 0.3 is 0 Å². The fraction of sp³-hybridized carbons (Fsp3) is 0.222. The summed E-state index contributed by atoms with van der Waals surface area (Å²) >= 11 is 0. The molecule has 0 atom stereocenters. The highest BCUT2D eigenvalue weighted by Crippen LogP contribution is 1.94. The molecule has 5 heteroatoms. The maximum atomic E-state index is 11.5. The van der Waals surface area contributed by atoms with Gasteiger partial charge in [-0.3, -0.25) is 9.59 Å². The molecule has 0 aliphatic heterocycles. The zero-order valence-corrected chi connectivity index (χ0v) is 7.65. The van der Waals surface area contributed by atoms with E-state index in [1.165, 1.54) is 30.4 Å². The second kappa shape index (κ2) is 4.23. The number of amides is 1. The van der Waals surface area contributed by atoms with Crippen molar-refractivity contribution in [1.29, 1.82) is 5.26 Å². The second-order valence-electron chi connectivity index (χ2n) is 2.74. The Morgan fingerprint density at radius 1 is 1.71 bits per heavy atom. The van der Waals surface area contributed by atoms with E-state index in [9.17, 15) is 9.59 Å². The van der Waals surface area contributed by atoms with Gasteiger partial charge in [-0.05, 0) is 0 Å². The van der Waals surface area contributed by atoms with Crippen molar-refractivity contribution >= 4 is 5.91 Å². The molecule has 0 aliphatic carbocycles. The molecule has 0 aliphatic rings. The number of nitrogens with zero attached hydrogens (tertiary/aromatic N) is 2. The fourth-order valence-corrected chi connectivity index (χ4v) is 0.967. The molecule has 1 aromatic heterocycles. The van der Waals surface area contributed by atoms with E-state index in [0.29, 0.717) is 0 Å². The Balaban J connectivity index is 2.97. The summed E-state index contributed by atoms with van der Waals surface area (Å²) in [6, 6.07) is 3.10. The Hall–Kier alpha value is -2.09. The van der Waals surface area contributed by atoms with E-state index < -0.39 is 5.91 Å². The van der Waals surface area contributed by atoms with Gasteiger partial charge in [0.15, 0.2) is 5.43 Å². The molecule has 1 N–H and O–H groups in total. The fourth-order valence-electron chi connectivity index (χ4n) is 0.967. The van der Waals surface area contributed by atoms with E-state index in [4.69, 9.17) is 5.26 Å². The largest absolute Gasteiger partial charge is 0.367 e. The maximum Gasteiger partial charge on any atom is 0.259 e. The molecule has 1 heterocycles. The van der Waals surface area contributed by atoms with Gasteiger partial charge in [0.25, 0.3) is 5.91 Å². The van der Waals surface area contributed by atoms with Crippen molar-refractivity contribution in [3.63, 3.8) is 0 Å². The van der Waals surface area contributed by atoms with Crippen LogP contribution in [0.25, 0.3) is 0 Å². The van der Waals surface area contributed by atoms with Crippen LogP contribution < -0.4 is 5.43 Å². The molecule has 0 unspecified atom stereocenters. The van der Waals surface area contributed by atoms with Crippen LogP contribution in [0, 0.1) is 11.3 Å². The van der Waals surface area contributed by atoms with Crippen molar-refractivity contribution in [3.05, 3.63) is 34.2 Å². The van der Waals surface area contributed by atoms with Gasteiger partial charge in [0.05, 0.1) is 6.07 Å². The molecule has 72 valence electrons. The Bertz CT molecular complexity index is 430. The minimum absolute atomic E-state index is 0.0346. The van der Waals surface area contributed by atoms with Gasteiger partial charge in [-0.25, -0.2) is 0 Å². The van der Waals surface area contributed by atoms with Crippen LogP contribution in [-0.4, -0.2) is 29.4 Å². The first-order valence-electron chi connectivity index (χ1n) is 3.96. The molecule has 1 rings (SSSR count). The number of carbonyl (C=O) groups excluding carboxylic acids is 1. The number of pyridine rings is 1. The molecule has 0 bridgehead atoms. The number of hydrogen-bond donors (Lipinski definition) is 1. The third kappa shape index (κ3) is 1.98. The predicted octanol–water partition coefficient (Wildman–Crippen LogP) is -0.0295. The molecule has 5 nitrogen and oxygen atoms in total. The van der Waals surface area contributed by atoms with Gasteiger partial charge in [0.1, 0.15) is 12.1 Å². The van der Waals surface area contributed by atoms with Crippen LogP contribution in [0.3, 0.4) is 0 Å². The molecule has 0 radical (unpaired) electrons. The Morgan fingerprint density at radius 2 is 2.43 bits per heavy atom. The van der Waals surface area contributed by atoms with Crippen LogP contribution >= 0.6 is 0 Å². The van der Waals surface area contributed by atoms with Crippen LogP contribution in [-0.2, 0) is 0 Å². The lowest BCUT2D eigenvalue weighted by Gasteiger charge is -2.11. The first-order chi connectivity index (χ1) is 6.66. The van der Waals surface area contributed by atoms with Crippen LogP contribution in [0.4, 0.5) is 0 Å². The first kappa shape index (κ1) is 9.99. The highest BCUT2D eigenvalue weighted by atomic mass is 16.2. The number of carbonyl (C=O) groups is 1. The number of rotatable bonds is 2. The van der Waals surface area contributed by atoms with Gasteiger partial charge in [0, 0.05) is 25.5 Å². The SMILES string of the molecule is CN(CC#N)C(=O)c1c[nH]ccc1=O. The molecular weight excluding hydrogens is 182 g/mol. The second-order valence-corrected chi connectivity index (χ2v) is 2.74. The van der Waals surface area contributed by atoms with E-state index in [1.54, 1.807) is 0 Å². The number of nitrogens with one attached hydrogen (secondary N) is 1. The van der Waals surface area contributed by atoms with E-state index >= 15 is 0 Å². The molecule has 0 aromatic carbocycles. The Morgan fingerprint density at radius 3 is 3.00 bits per heavy atom. The zero-order valence-electron chi connectivity index (χ0n) is 7.65. The van der Waals surface area contributed by atoms with E-state index in [2.05, 4.69) is 4.98 Å². The van der Waals surface area contributed by atoms with Crippen molar-refractivity contribution in [1.82, 2.24) is 9.88 Å². The van der Waals surface area contributed by atoms with Gasteiger partial charge < -0.3 is 9.88 Å². The minimum Gasteiger partial charge on any atom is -0.367 e. The van der Waals surface area contributed by atoms with Crippen molar-refractivity contribution in [2.24, 2.45) is 0 Å². The minimum atomic E-state index is -0.451. The molecule has 0 saturated carbocycles. The monoisotopic (exact) mass is 191 g/mol. The molecule has 0 fully saturated rings. The van der Waals surface area contributed by atoms with E-state index in [0.717, 1.165) is 0 Å². The summed E-state index contributed by atoms with van der Waals surface area (Å²) in [6.07, 6.45) is 2.78. The number of aromatic amines is 1. The standard InChI is InChI=1S/C9H9N3O2/c1-12(5-3-10)9(14)7-6-11-4-2-8(7)13/h2,4,6H,5H2,1H3,(H,11,13). The van der Waals surface area contributed by atoms with Gasteiger partial charge in [-0.1, -0.05) is 0 Å². The van der Waals surface area contributed by atoms with Gasteiger partial charge in [-0.2, -0.15) is 5.26 Å². The van der Waals surface area contributed by atoms with Crippen LogP contribution in [0.1, 0.15) is 10.4 Å². The topological polar surface area (TPSA) is 77.0 Å². The summed E-state index contributed by atoms with van der Waals surface area (Å²) in [7, 11) is 1.47. The van der Waals surface area contributed by atoms with Crippen LogP contribution in [0.2, 0.25) is 0 Å². The van der Waals surface area contributed by atoms with Crippen molar-refractivity contribution in [2.75, 3.05) is 13.6 Å². The zero-order chi connectivity index (χ0) is 10.6. The third-order valence-electron chi connectivity index (χ3n) is 1.71. The maximum absolute atomic E-state index is 11.5. The highest BCUT2D eigenvalue weighted by molar-refractivity contribution is 5.93. The van der Waals surface area contributed by atoms with Crippen molar-refractivity contribution in [2.45, 2.75) is 0 Å². The molecular formula is C9H9N3O2. The lowest BCUT2D eigenvalue weighted by atomic mass is 10.2. The number of nitriles is 1. The Kier molecular flexibility index (Phi) is 3.02. The molecule has 0 saturated heterocycles. The average Bonchev–Trinajstić information content (AvgIpc) is 2.18. The molecule has 1 amide bonds. The third-order valence-corrected chi connectivity index (χ3v) is 1.71. The van der Waals surface area contributed by atoms with Crippen LogP contribution in [0.5, 0.6) is 0 Å². The molecule has 14 heavy (non-hydrogen) atoms. The lowest BCUT2D eigenvalue weighted by Crippen LogP contribution is -2.30. The average molecular weight is 191 g/mol. The molecule has 0 spiro atoms. The summed E-state index contributed by atoms with van der Waals surface area (Å²) in [5.41, 5.74) is -0.302. The van der Waals surface area contributed by atoms with E-state index in [1.807, 2.05) is 6.07 Å². The summed E-state index contributed by atoms with van der Waals surface area (Å²) in [4.78, 5) is 26.6. The number of hydrogen-bond acceptors (Lipinski definition) is 3. The normalized spacial score (nSPS) is 9.14. The summed E-state index contributed by atoms with van der Waals surface area (Å²) in [6.45, 7) is -0.0346. The quantitative estimate of drug-likeness (QED) is 0.667. The smallest absolute Gasteiger partial charge is 0.259 e. The lowest BCUT2D eigenvalue weighted by molar-refractivity contribution is 0.0810. The number of aromatic nitrogens is 1. The van der Waals surface area contributed by atoms with Crippen LogP contribution in [0.15, 0.2) is 23.3 Å². The summed E-state index contributed by atoms with van der Waals surface area (Å²) < 4.78 is 0. The highest BCUT2D eigenvalue weighted by Gasteiger charge is 2.13. The van der Waals surface area contributed by atoms with Gasteiger partial charge in [0.2, 0.25) is 0 Å². The summed E-state index contributed by atoms with van der Waals surface area (Å²) in [5.74, 6) is -0.451. The van der Waals surface area contributed by atoms with Crippen molar-refractivity contribution < 1.29 is 4.79 Å². The summed E-state index contributed by atoms with van der Waals surface area (Å²) in [5, 5.41) is 8.37. The van der Waals surface area contributed by atoms with E-state index in [-0.39, 0.29) is 17.5 Å². The van der Waals surface area contributed by atoms with Gasteiger partial charge in [-0.15, -0.1) is 0 Å². The Labute approximate surface area is 80.6 Å². The predicted molar refractivity (Wildman–Crippen MR) is 49.6 cm³/mol. The number of H-pyrrole nitrogens is 1.